The van der Waals surface area contributed by atoms with Gasteiger partial charge >= 0.3 is 0 Å². The van der Waals surface area contributed by atoms with Crippen LogP contribution in [0.25, 0.3) is 11.3 Å². The van der Waals surface area contributed by atoms with Gasteiger partial charge in [0, 0.05) is 11.6 Å². The van der Waals surface area contributed by atoms with Crippen molar-refractivity contribution in [2.24, 2.45) is 0 Å². The molecule has 0 N–H and O–H groups in total. The average molecular weight is 309 g/mol. The Hall–Kier alpha value is -2.75. The molecular formula is C19H19NO3. The normalized spacial score (nSPS) is 10.5. The summed E-state index contributed by atoms with van der Waals surface area (Å²) in [5, 5.41) is 4.10. The van der Waals surface area contributed by atoms with Crippen LogP contribution in [0, 0.1) is 6.92 Å². The highest BCUT2D eigenvalue weighted by Crippen LogP contribution is 2.27. The Morgan fingerprint density at radius 1 is 0.957 bits per heavy atom. The summed E-state index contributed by atoms with van der Waals surface area (Å²) in [4.78, 5) is 0. The molecule has 0 bridgehead atoms. The van der Waals surface area contributed by atoms with Crippen molar-refractivity contribution in [3.8, 4) is 22.8 Å². The Balaban J connectivity index is 1.69. The third-order valence-electron chi connectivity index (χ3n) is 3.43. The molecule has 0 aliphatic rings. The van der Waals surface area contributed by atoms with Gasteiger partial charge in [-0.05, 0) is 26.0 Å². The predicted molar refractivity (Wildman–Crippen MR) is 88.6 cm³/mol. The van der Waals surface area contributed by atoms with Crippen molar-refractivity contribution in [3.63, 3.8) is 0 Å². The Bertz CT molecular complexity index is 762. The Morgan fingerprint density at radius 2 is 1.65 bits per heavy atom. The number of hydrogen-bond donors (Lipinski definition) is 0. The molecule has 118 valence electrons. The number of aryl methyl sites for hydroxylation is 1. The van der Waals surface area contributed by atoms with Gasteiger partial charge in [0.05, 0.1) is 6.61 Å². The van der Waals surface area contributed by atoms with Crippen LogP contribution in [0.2, 0.25) is 0 Å². The lowest BCUT2D eigenvalue weighted by molar-refractivity contribution is 0.233. The van der Waals surface area contributed by atoms with E-state index in [1.165, 1.54) is 5.56 Å². The van der Waals surface area contributed by atoms with Crippen LogP contribution in [-0.4, -0.2) is 11.8 Å². The Labute approximate surface area is 135 Å². The number of ether oxygens (including phenoxy) is 2. The summed E-state index contributed by atoms with van der Waals surface area (Å²) in [6, 6.07) is 17.7. The predicted octanol–water partition coefficient (Wildman–Crippen LogP) is 4.63. The Morgan fingerprint density at radius 3 is 2.35 bits per heavy atom. The van der Waals surface area contributed by atoms with E-state index in [2.05, 4.69) is 24.2 Å². The number of para-hydroxylation sites is 2. The highest BCUT2D eigenvalue weighted by atomic mass is 16.5. The van der Waals surface area contributed by atoms with Crippen LogP contribution in [0.3, 0.4) is 0 Å². The Kier molecular flexibility index (Phi) is 4.62. The molecule has 0 atom stereocenters. The minimum Gasteiger partial charge on any atom is -0.490 e. The van der Waals surface area contributed by atoms with Crippen LogP contribution in [-0.2, 0) is 6.61 Å². The molecule has 0 fully saturated rings. The first kappa shape index (κ1) is 15.2. The number of nitrogens with zero attached hydrogens (tertiary/aromatic N) is 1. The van der Waals surface area contributed by atoms with Gasteiger partial charge < -0.3 is 14.0 Å². The minimum atomic E-state index is 0.308. The van der Waals surface area contributed by atoms with Gasteiger partial charge in [0.25, 0.3) is 0 Å². The van der Waals surface area contributed by atoms with Crippen LogP contribution in [0.5, 0.6) is 11.5 Å². The van der Waals surface area contributed by atoms with E-state index in [1.54, 1.807) is 0 Å². The molecule has 1 aromatic heterocycles. The van der Waals surface area contributed by atoms with E-state index in [1.807, 2.05) is 49.4 Å². The van der Waals surface area contributed by atoms with Gasteiger partial charge in [0.2, 0.25) is 0 Å². The quantitative estimate of drug-likeness (QED) is 0.666. The zero-order valence-electron chi connectivity index (χ0n) is 13.3. The minimum absolute atomic E-state index is 0.308. The number of hydrogen-bond acceptors (Lipinski definition) is 4. The van der Waals surface area contributed by atoms with Crippen molar-refractivity contribution in [2.45, 2.75) is 20.5 Å². The molecule has 0 radical (unpaired) electrons. The van der Waals surface area contributed by atoms with E-state index >= 15 is 0 Å². The monoisotopic (exact) mass is 309 g/mol. The van der Waals surface area contributed by atoms with E-state index in [9.17, 15) is 0 Å². The molecule has 1 heterocycles. The first-order chi connectivity index (χ1) is 11.3. The van der Waals surface area contributed by atoms with E-state index in [-0.39, 0.29) is 0 Å². The highest BCUT2D eigenvalue weighted by Gasteiger charge is 2.09. The fourth-order valence-corrected chi connectivity index (χ4v) is 2.23. The van der Waals surface area contributed by atoms with Gasteiger partial charge in [-0.15, -0.1) is 0 Å². The van der Waals surface area contributed by atoms with Crippen molar-refractivity contribution in [1.29, 1.82) is 0 Å². The second-order valence-corrected chi connectivity index (χ2v) is 5.21. The molecule has 2 aromatic carbocycles. The standard InChI is InChI=1S/C19H19NO3/c1-3-21-18-6-4-5-7-19(18)22-13-16-12-17(20-23-16)15-10-8-14(2)9-11-15/h4-12H,3,13H2,1-2H3. The topological polar surface area (TPSA) is 44.5 Å². The first-order valence-corrected chi connectivity index (χ1v) is 7.63. The number of benzene rings is 2. The van der Waals surface area contributed by atoms with Gasteiger partial charge in [-0.3, -0.25) is 0 Å². The lowest BCUT2D eigenvalue weighted by Gasteiger charge is -2.09. The average Bonchev–Trinajstić information content (AvgIpc) is 3.04. The highest BCUT2D eigenvalue weighted by molar-refractivity contribution is 5.59. The molecule has 0 unspecified atom stereocenters. The van der Waals surface area contributed by atoms with Crippen molar-refractivity contribution >= 4 is 0 Å². The molecule has 0 aliphatic carbocycles. The summed E-state index contributed by atoms with van der Waals surface area (Å²) in [7, 11) is 0. The van der Waals surface area contributed by atoms with Crippen molar-refractivity contribution in [3.05, 3.63) is 65.9 Å². The van der Waals surface area contributed by atoms with Gasteiger partial charge in [0.15, 0.2) is 17.3 Å². The summed E-state index contributed by atoms with van der Waals surface area (Å²) in [5.41, 5.74) is 3.05. The van der Waals surface area contributed by atoms with Crippen LogP contribution >= 0.6 is 0 Å². The molecule has 0 amide bonds. The maximum absolute atomic E-state index is 5.79. The largest absolute Gasteiger partial charge is 0.490 e. The molecule has 0 saturated heterocycles. The van der Waals surface area contributed by atoms with Crippen LogP contribution in [0.1, 0.15) is 18.2 Å². The van der Waals surface area contributed by atoms with E-state index < -0.39 is 0 Å². The van der Waals surface area contributed by atoms with E-state index in [4.69, 9.17) is 14.0 Å². The summed E-state index contributed by atoms with van der Waals surface area (Å²) in [5.74, 6) is 2.10. The molecule has 3 aromatic rings. The smallest absolute Gasteiger partial charge is 0.174 e. The number of rotatable bonds is 6. The van der Waals surface area contributed by atoms with Crippen molar-refractivity contribution in [2.75, 3.05) is 6.61 Å². The lowest BCUT2D eigenvalue weighted by atomic mass is 10.1. The van der Waals surface area contributed by atoms with Crippen molar-refractivity contribution < 1.29 is 14.0 Å². The van der Waals surface area contributed by atoms with Gasteiger partial charge in [-0.2, -0.15) is 0 Å². The molecule has 3 rings (SSSR count). The maximum Gasteiger partial charge on any atom is 0.174 e. The van der Waals surface area contributed by atoms with E-state index in [0.29, 0.717) is 24.7 Å². The third kappa shape index (κ3) is 3.72. The SMILES string of the molecule is CCOc1ccccc1OCc1cc(-c2ccc(C)cc2)no1. The lowest BCUT2D eigenvalue weighted by Crippen LogP contribution is -1.98. The van der Waals surface area contributed by atoms with Crippen molar-refractivity contribution in [1.82, 2.24) is 5.16 Å². The molecule has 23 heavy (non-hydrogen) atoms. The maximum atomic E-state index is 5.79. The fourth-order valence-electron chi connectivity index (χ4n) is 2.23. The summed E-state index contributed by atoms with van der Waals surface area (Å²) < 4.78 is 16.7. The summed E-state index contributed by atoms with van der Waals surface area (Å²) in [6.45, 7) is 4.91. The second-order valence-electron chi connectivity index (χ2n) is 5.21. The molecule has 0 spiro atoms. The summed E-state index contributed by atoms with van der Waals surface area (Å²) in [6.07, 6.45) is 0. The third-order valence-corrected chi connectivity index (χ3v) is 3.43. The zero-order valence-corrected chi connectivity index (χ0v) is 13.3. The van der Waals surface area contributed by atoms with Gasteiger partial charge in [-0.1, -0.05) is 47.1 Å². The van der Waals surface area contributed by atoms with Gasteiger partial charge in [0.1, 0.15) is 12.3 Å². The molecule has 0 aliphatic heterocycles. The van der Waals surface area contributed by atoms with Crippen LogP contribution in [0.15, 0.2) is 59.1 Å². The zero-order chi connectivity index (χ0) is 16.1. The fraction of sp³-hybridized carbons (Fsp3) is 0.211. The summed E-state index contributed by atoms with van der Waals surface area (Å²) >= 11 is 0. The second kappa shape index (κ2) is 7.01. The van der Waals surface area contributed by atoms with Gasteiger partial charge in [-0.25, -0.2) is 0 Å². The molecule has 0 saturated carbocycles. The molecular weight excluding hydrogens is 290 g/mol. The molecule has 4 nitrogen and oxygen atoms in total. The van der Waals surface area contributed by atoms with E-state index in [0.717, 1.165) is 17.0 Å². The van der Waals surface area contributed by atoms with Crippen LogP contribution in [0.4, 0.5) is 0 Å². The van der Waals surface area contributed by atoms with Crippen LogP contribution < -0.4 is 9.47 Å². The first-order valence-electron chi connectivity index (χ1n) is 7.63. The number of aromatic nitrogens is 1. The molecule has 4 heteroatoms.